The fourth-order valence-electron chi connectivity index (χ4n) is 3.51. The summed E-state index contributed by atoms with van der Waals surface area (Å²) in [6.07, 6.45) is -0.237. The molecule has 0 aliphatic heterocycles. The van der Waals surface area contributed by atoms with Crippen LogP contribution in [0.1, 0.15) is 16.7 Å². The Hall–Kier alpha value is -3.29. The molecule has 0 spiro atoms. The minimum absolute atomic E-state index is 0.118. The molecule has 4 aromatic rings. The van der Waals surface area contributed by atoms with Crippen LogP contribution < -0.4 is 10.5 Å². The maximum absolute atomic E-state index is 15.0. The number of hydrogen-bond donors (Lipinski definition) is 1. The lowest BCUT2D eigenvalue weighted by molar-refractivity contribution is -0.182. The molecule has 1 heterocycles. The highest BCUT2D eigenvalue weighted by molar-refractivity contribution is 7.17. The standard InChI is InChI=1S/C24H19F2NO3S/c25-24-17(13-27)5-3-6-19(24)20-10-15(11-22-18(20)8-9-31-22)14-29-21-7-2-1-4-16(21)12-23(28)30-26/h1-11H,12-14,27H2. The second-order valence-electron chi connectivity index (χ2n) is 6.98. The Morgan fingerprint density at radius 2 is 1.81 bits per heavy atom. The van der Waals surface area contributed by atoms with Crippen molar-refractivity contribution in [1.82, 2.24) is 0 Å². The number of halogens is 2. The first-order valence-electron chi connectivity index (χ1n) is 9.60. The lowest BCUT2D eigenvalue weighted by Gasteiger charge is -2.13. The summed E-state index contributed by atoms with van der Waals surface area (Å²) in [4.78, 5) is 14.6. The van der Waals surface area contributed by atoms with E-state index in [2.05, 4.69) is 4.94 Å². The van der Waals surface area contributed by atoms with E-state index in [9.17, 15) is 9.32 Å². The largest absolute Gasteiger partial charge is 0.489 e. The molecule has 0 radical (unpaired) electrons. The van der Waals surface area contributed by atoms with E-state index in [1.165, 1.54) is 0 Å². The minimum Gasteiger partial charge on any atom is -0.489 e. The van der Waals surface area contributed by atoms with Crippen LogP contribution in [0, 0.1) is 5.82 Å². The smallest absolute Gasteiger partial charge is 0.353 e. The predicted octanol–water partition coefficient (Wildman–Crippen LogP) is 5.72. The van der Waals surface area contributed by atoms with E-state index in [1.807, 2.05) is 23.6 Å². The van der Waals surface area contributed by atoms with E-state index in [1.54, 1.807) is 53.8 Å². The molecule has 0 aliphatic carbocycles. The van der Waals surface area contributed by atoms with Crippen LogP contribution in [0.4, 0.5) is 8.92 Å². The van der Waals surface area contributed by atoms with Gasteiger partial charge in [-0.05, 0) is 40.8 Å². The van der Waals surface area contributed by atoms with Crippen LogP contribution >= 0.6 is 11.3 Å². The summed E-state index contributed by atoms with van der Waals surface area (Å²) >= 11 is 1.56. The number of benzene rings is 3. The normalized spacial score (nSPS) is 10.9. The van der Waals surface area contributed by atoms with E-state index in [-0.39, 0.29) is 25.4 Å². The van der Waals surface area contributed by atoms with E-state index >= 15 is 4.39 Å². The summed E-state index contributed by atoms with van der Waals surface area (Å²) in [6, 6.07) is 17.9. The molecule has 0 atom stereocenters. The zero-order valence-electron chi connectivity index (χ0n) is 16.4. The summed E-state index contributed by atoms with van der Waals surface area (Å²) < 4.78 is 34.1. The molecule has 0 aliphatic rings. The van der Waals surface area contributed by atoms with Gasteiger partial charge in [0.2, 0.25) is 0 Å². The highest BCUT2D eigenvalue weighted by Crippen LogP contribution is 2.36. The summed E-state index contributed by atoms with van der Waals surface area (Å²) in [7, 11) is 0. The first-order valence-corrected chi connectivity index (χ1v) is 10.5. The lowest BCUT2D eigenvalue weighted by Crippen LogP contribution is -2.05. The fourth-order valence-corrected chi connectivity index (χ4v) is 4.39. The van der Waals surface area contributed by atoms with Crippen LogP contribution in [0.25, 0.3) is 21.2 Å². The van der Waals surface area contributed by atoms with Crippen LogP contribution in [0.15, 0.2) is 66.0 Å². The number of carbonyl (C=O) groups is 1. The van der Waals surface area contributed by atoms with Crippen molar-refractivity contribution in [3.05, 3.63) is 88.6 Å². The Morgan fingerprint density at radius 1 is 1.00 bits per heavy atom. The average Bonchev–Trinajstić information content (AvgIpc) is 3.27. The second kappa shape index (κ2) is 9.24. The molecule has 0 amide bonds. The molecule has 4 nitrogen and oxygen atoms in total. The SMILES string of the molecule is NCc1cccc(-c2cc(COc3ccccc3CC(=O)OF)cc3sccc23)c1F. The highest BCUT2D eigenvalue weighted by Gasteiger charge is 2.15. The summed E-state index contributed by atoms with van der Waals surface area (Å²) in [5.74, 6) is -0.865. The Balaban J connectivity index is 1.68. The Morgan fingerprint density at radius 3 is 2.61 bits per heavy atom. The van der Waals surface area contributed by atoms with Crippen molar-refractivity contribution < 1.29 is 23.4 Å². The summed E-state index contributed by atoms with van der Waals surface area (Å²) in [5.41, 5.74) is 8.74. The number of nitrogens with two attached hydrogens (primary N) is 1. The van der Waals surface area contributed by atoms with E-state index in [4.69, 9.17) is 10.5 Å². The third-order valence-electron chi connectivity index (χ3n) is 5.01. The number of carbonyl (C=O) groups excluding carboxylic acids is 1. The van der Waals surface area contributed by atoms with Crippen LogP contribution in [0.2, 0.25) is 0 Å². The Kier molecular flexibility index (Phi) is 6.25. The van der Waals surface area contributed by atoms with E-state index in [0.717, 1.165) is 21.2 Å². The molecule has 0 fully saturated rings. The molecule has 0 saturated carbocycles. The topological polar surface area (TPSA) is 61.5 Å². The van der Waals surface area contributed by atoms with Gasteiger partial charge in [0.1, 0.15) is 18.2 Å². The minimum atomic E-state index is -0.992. The van der Waals surface area contributed by atoms with Crippen LogP contribution in [0.3, 0.4) is 0 Å². The van der Waals surface area contributed by atoms with Gasteiger partial charge in [-0.1, -0.05) is 36.4 Å². The van der Waals surface area contributed by atoms with Crippen molar-refractivity contribution in [3.8, 4) is 16.9 Å². The zero-order chi connectivity index (χ0) is 21.8. The van der Waals surface area contributed by atoms with E-state index < -0.39 is 5.97 Å². The monoisotopic (exact) mass is 439 g/mol. The summed E-state index contributed by atoms with van der Waals surface area (Å²) in [5, 5.41) is 2.91. The van der Waals surface area contributed by atoms with Crippen molar-refractivity contribution in [2.75, 3.05) is 0 Å². The molecule has 4 rings (SSSR count). The van der Waals surface area contributed by atoms with Crippen LogP contribution in [0.5, 0.6) is 5.75 Å². The van der Waals surface area contributed by atoms with E-state index in [0.29, 0.717) is 22.4 Å². The molecule has 2 N–H and O–H groups in total. The lowest BCUT2D eigenvalue weighted by atomic mass is 9.97. The number of para-hydroxylation sites is 1. The molecule has 1 aromatic heterocycles. The predicted molar refractivity (Wildman–Crippen MR) is 117 cm³/mol. The number of thiophene rings is 1. The van der Waals surface area contributed by atoms with Gasteiger partial charge < -0.3 is 10.5 Å². The Labute approximate surface area is 181 Å². The molecule has 0 unspecified atom stereocenters. The molecule has 7 heteroatoms. The third kappa shape index (κ3) is 4.42. The van der Waals surface area contributed by atoms with Gasteiger partial charge in [-0.15, -0.1) is 11.3 Å². The maximum Gasteiger partial charge on any atom is 0.353 e. The first kappa shape index (κ1) is 21.0. The number of hydrogen-bond acceptors (Lipinski definition) is 5. The number of rotatable bonds is 7. The van der Waals surface area contributed by atoms with Crippen molar-refractivity contribution in [2.45, 2.75) is 19.6 Å². The third-order valence-corrected chi connectivity index (χ3v) is 5.87. The van der Waals surface area contributed by atoms with Gasteiger partial charge in [0.15, 0.2) is 0 Å². The maximum atomic E-state index is 15.0. The molecule has 3 aromatic carbocycles. The average molecular weight is 439 g/mol. The van der Waals surface area contributed by atoms with Gasteiger partial charge in [0, 0.05) is 37.8 Å². The van der Waals surface area contributed by atoms with Crippen LogP contribution in [-0.4, -0.2) is 5.97 Å². The van der Waals surface area contributed by atoms with Crippen molar-refractivity contribution >= 4 is 27.4 Å². The molecular weight excluding hydrogens is 420 g/mol. The quantitative estimate of drug-likeness (QED) is 0.400. The molecule has 31 heavy (non-hydrogen) atoms. The zero-order valence-corrected chi connectivity index (χ0v) is 17.3. The number of ether oxygens (including phenoxy) is 1. The highest BCUT2D eigenvalue weighted by atomic mass is 32.1. The summed E-state index contributed by atoms with van der Waals surface area (Å²) in [6.45, 7) is 0.314. The van der Waals surface area contributed by atoms with Gasteiger partial charge in [0.05, 0.1) is 6.42 Å². The van der Waals surface area contributed by atoms with Gasteiger partial charge in [0.25, 0.3) is 0 Å². The van der Waals surface area contributed by atoms with Gasteiger partial charge in [-0.25, -0.2) is 9.18 Å². The van der Waals surface area contributed by atoms with Crippen molar-refractivity contribution in [2.24, 2.45) is 5.73 Å². The van der Waals surface area contributed by atoms with Crippen molar-refractivity contribution in [3.63, 3.8) is 0 Å². The molecule has 0 bridgehead atoms. The second-order valence-corrected chi connectivity index (χ2v) is 7.93. The number of fused-ring (bicyclic) bond motifs is 1. The van der Waals surface area contributed by atoms with Gasteiger partial charge in [-0.2, -0.15) is 0 Å². The van der Waals surface area contributed by atoms with Gasteiger partial charge >= 0.3 is 5.97 Å². The Bertz CT molecular complexity index is 1240. The van der Waals surface area contributed by atoms with Crippen LogP contribution in [-0.2, 0) is 29.3 Å². The van der Waals surface area contributed by atoms with Gasteiger partial charge in [-0.3, -0.25) is 4.94 Å². The molecule has 158 valence electrons. The first-order chi connectivity index (χ1) is 15.1. The molecule has 0 saturated heterocycles. The fraction of sp³-hybridized carbons (Fsp3) is 0.125. The molecular formula is C24H19F2NO3S. The van der Waals surface area contributed by atoms with Crippen molar-refractivity contribution in [1.29, 1.82) is 0 Å².